The van der Waals surface area contributed by atoms with Gasteiger partial charge in [-0.1, -0.05) is 18.2 Å². The van der Waals surface area contributed by atoms with Crippen molar-refractivity contribution in [1.82, 2.24) is 0 Å². The fourth-order valence-corrected chi connectivity index (χ4v) is 2.29. The topological polar surface area (TPSA) is 34.1 Å². The number of benzene rings is 1. The summed E-state index contributed by atoms with van der Waals surface area (Å²) in [6.07, 6.45) is 2.39. The molecule has 0 saturated heterocycles. The van der Waals surface area contributed by atoms with Crippen molar-refractivity contribution < 1.29 is 14.0 Å². The highest BCUT2D eigenvalue weighted by molar-refractivity contribution is 5.83. The monoisotopic (exact) mass is 248 g/mol. The zero-order valence-corrected chi connectivity index (χ0v) is 10.3. The molecule has 0 amide bonds. The van der Waals surface area contributed by atoms with Gasteiger partial charge in [0.1, 0.15) is 17.9 Å². The molecule has 0 atom stereocenters. The Labute approximate surface area is 107 Å². The third-order valence-electron chi connectivity index (χ3n) is 3.34. The normalized spacial score (nSPS) is 17.5. The van der Waals surface area contributed by atoms with Crippen LogP contribution < -0.4 is 0 Å². The summed E-state index contributed by atoms with van der Waals surface area (Å²) in [7, 11) is 0. The van der Waals surface area contributed by atoms with E-state index >= 15 is 0 Å². The van der Waals surface area contributed by atoms with Crippen LogP contribution in [0.5, 0.6) is 0 Å². The van der Waals surface area contributed by atoms with Gasteiger partial charge in [0.05, 0.1) is 5.41 Å². The SMILES string of the molecule is C=C.O=CC1(c2ccccc2F)CCC(=O)CC1. The van der Waals surface area contributed by atoms with Crippen LogP contribution in [0, 0.1) is 5.82 Å². The Balaban J connectivity index is 0.000000771. The molecule has 18 heavy (non-hydrogen) atoms. The van der Waals surface area contributed by atoms with Gasteiger partial charge in [0.15, 0.2) is 0 Å². The molecule has 3 heteroatoms. The molecule has 0 heterocycles. The average molecular weight is 248 g/mol. The Kier molecular flexibility index (Phi) is 4.95. The zero-order chi connectivity index (χ0) is 13.6. The Morgan fingerprint density at radius 2 is 1.72 bits per heavy atom. The van der Waals surface area contributed by atoms with E-state index in [2.05, 4.69) is 13.2 Å². The van der Waals surface area contributed by atoms with Gasteiger partial charge in [-0.3, -0.25) is 4.79 Å². The molecule has 1 saturated carbocycles. The van der Waals surface area contributed by atoms with Crippen molar-refractivity contribution in [2.24, 2.45) is 0 Å². The van der Waals surface area contributed by atoms with E-state index in [9.17, 15) is 14.0 Å². The molecule has 1 aliphatic rings. The predicted octanol–water partition coefficient (Wildman–Crippen LogP) is 3.21. The largest absolute Gasteiger partial charge is 0.302 e. The van der Waals surface area contributed by atoms with Crippen LogP contribution in [0.4, 0.5) is 4.39 Å². The van der Waals surface area contributed by atoms with Crippen molar-refractivity contribution in [3.8, 4) is 0 Å². The number of halogens is 1. The molecule has 0 aliphatic heterocycles. The maximum absolute atomic E-state index is 13.7. The molecule has 1 fully saturated rings. The lowest BCUT2D eigenvalue weighted by Gasteiger charge is -2.32. The minimum absolute atomic E-state index is 0.161. The first kappa shape index (κ1) is 14.3. The van der Waals surface area contributed by atoms with E-state index < -0.39 is 5.41 Å². The first-order valence-corrected chi connectivity index (χ1v) is 5.91. The molecule has 0 radical (unpaired) electrons. The van der Waals surface area contributed by atoms with Crippen LogP contribution in [0.3, 0.4) is 0 Å². The van der Waals surface area contributed by atoms with E-state index in [4.69, 9.17) is 0 Å². The van der Waals surface area contributed by atoms with Crippen LogP contribution in [-0.2, 0) is 15.0 Å². The zero-order valence-electron chi connectivity index (χ0n) is 10.3. The quantitative estimate of drug-likeness (QED) is 0.595. The second-order valence-electron chi connectivity index (χ2n) is 4.29. The molecule has 2 nitrogen and oxygen atoms in total. The molecule has 1 aliphatic carbocycles. The summed E-state index contributed by atoms with van der Waals surface area (Å²) in [5.41, 5.74) is -0.364. The van der Waals surface area contributed by atoms with Gasteiger partial charge < -0.3 is 4.79 Å². The summed E-state index contributed by atoms with van der Waals surface area (Å²) in [4.78, 5) is 22.4. The second-order valence-corrected chi connectivity index (χ2v) is 4.29. The average Bonchev–Trinajstić information content (AvgIpc) is 2.43. The van der Waals surface area contributed by atoms with Crippen LogP contribution >= 0.6 is 0 Å². The summed E-state index contributed by atoms with van der Waals surface area (Å²) in [6.45, 7) is 6.00. The first-order valence-electron chi connectivity index (χ1n) is 5.91. The van der Waals surface area contributed by atoms with Crippen LogP contribution in [0.2, 0.25) is 0 Å². The third kappa shape index (κ3) is 2.73. The summed E-state index contributed by atoms with van der Waals surface area (Å²) < 4.78 is 13.7. The Bertz CT molecular complexity index is 430. The number of hydrogen-bond acceptors (Lipinski definition) is 2. The first-order chi connectivity index (χ1) is 8.68. The number of ketones is 1. The number of rotatable bonds is 2. The van der Waals surface area contributed by atoms with Crippen molar-refractivity contribution in [2.45, 2.75) is 31.1 Å². The summed E-state index contributed by atoms with van der Waals surface area (Å²) in [6, 6.07) is 6.32. The molecular formula is C15H17FO2. The van der Waals surface area contributed by atoms with E-state index in [1.165, 1.54) is 6.07 Å². The van der Waals surface area contributed by atoms with Crippen molar-refractivity contribution in [2.75, 3.05) is 0 Å². The predicted molar refractivity (Wildman–Crippen MR) is 68.9 cm³/mol. The van der Waals surface area contributed by atoms with Crippen molar-refractivity contribution in [3.63, 3.8) is 0 Å². The van der Waals surface area contributed by atoms with Gasteiger partial charge in [-0.25, -0.2) is 4.39 Å². The van der Waals surface area contributed by atoms with Crippen LogP contribution in [-0.4, -0.2) is 12.1 Å². The molecule has 1 aromatic rings. The Morgan fingerprint density at radius 1 is 1.17 bits per heavy atom. The fourth-order valence-electron chi connectivity index (χ4n) is 2.29. The van der Waals surface area contributed by atoms with Gasteiger partial charge in [0.25, 0.3) is 0 Å². The van der Waals surface area contributed by atoms with Gasteiger partial charge >= 0.3 is 0 Å². The molecule has 96 valence electrons. The van der Waals surface area contributed by atoms with Gasteiger partial charge in [-0.2, -0.15) is 0 Å². The minimum atomic E-state index is -0.792. The van der Waals surface area contributed by atoms with Gasteiger partial charge in [0, 0.05) is 18.4 Å². The van der Waals surface area contributed by atoms with Crippen LogP contribution in [0.25, 0.3) is 0 Å². The highest BCUT2D eigenvalue weighted by Gasteiger charge is 2.37. The molecule has 0 aromatic heterocycles. The lowest BCUT2D eigenvalue weighted by molar-refractivity contribution is -0.123. The molecule has 0 bridgehead atoms. The van der Waals surface area contributed by atoms with E-state index in [0.717, 1.165) is 6.29 Å². The summed E-state index contributed by atoms with van der Waals surface area (Å²) in [5.74, 6) is -0.197. The lowest BCUT2D eigenvalue weighted by atomic mass is 9.70. The highest BCUT2D eigenvalue weighted by Crippen LogP contribution is 2.37. The van der Waals surface area contributed by atoms with E-state index in [1.807, 2.05) is 0 Å². The van der Waals surface area contributed by atoms with Crippen LogP contribution in [0.1, 0.15) is 31.2 Å². The fraction of sp³-hybridized carbons (Fsp3) is 0.333. The van der Waals surface area contributed by atoms with Crippen molar-refractivity contribution >= 4 is 12.1 Å². The number of hydrogen-bond donors (Lipinski definition) is 0. The second kappa shape index (κ2) is 6.24. The van der Waals surface area contributed by atoms with Crippen LogP contribution in [0.15, 0.2) is 37.4 Å². The minimum Gasteiger partial charge on any atom is -0.302 e. The maximum Gasteiger partial charge on any atom is 0.133 e. The molecular weight excluding hydrogens is 231 g/mol. The van der Waals surface area contributed by atoms with Crippen molar-refractivity contribution in [1.29, 1.82) is 0 Å². The molecule has 0 unspecified atom stereocenters. The van der Waals surface area contributed by atoms with Gasteiger partial charge in [-0.15, -0.1) is 13.2 Å². The number of Topliss-reactive ketones (excluding diaryl/α,β-unsaturated/α-hetero) is 1. The number of carbonyl (C=O) groups is 2. The molecule has 1 aromatic carbocycles. The van der Waals surface area contributed by atoms with E-state index in [0.29, 0.717) is 31.2 Å². The molecule has 2 rings (SSSR count). The molecule has 0 N–H and O–H groups in total. The van der Waals surface area contributed by atoms with Gasteiger partial charge in [0.2, 0.25) is 0 Å². The Hall–Kier alpha value is -1.77. The summed E-state index contributed by atoms with van der Waals surface area (Å²) >= 11 is 0. The van der Waals surface area contributed by atoms with E-state index in [-0.39, 0.29) is 11.6 Å². The maximum atomic E-state index is 13.7. The molecule has 0 spiro atoms. The highest BCUT2D eigenvalue weighted by atomic mass is 19.1. The smallest absolute Gasteiger partial charge is 0.133 e. The lowest BCUT2D eigenvalue weighted by Crippen LogP contribution is -2.34. The van der Waals surface area contributed by atoms with Crippen molar-refractivity contribution in [3.05, 3.63) is 48.8 Å². The summed E-state index contributed by atoms with van der Waals surface area (Å²) in [5, 5.41) is 0. The number of aldehydes is 1. The van der Waals surface area contributed by atoms with E-state index in [1.54, 1.807) is 18.2 Å². The number of carbonyl (C=O) groups excluding carboxylic acids is 2. The Morgan fingerprint density at radius 3 is 2.22 bits per heavy atom. The standard InChI is InChI=1S/C13H13FO2.C2H4/c14-12-4-2-1-3-11(12)13(9-15)7-5-10(16)6-8-13;1-2/h1-4,9H,5-8H2;1-2H2. The van der Waals surface area contributed by atoms with Gasteiger partial charge in [-0.05, 0) is 18.9 Å². The third-order valence-corrected chi connectivity index (χ3v) is 3.34.